The smallest absolute Gasteiger partial charge is 0.396 e. The van der Waals surface area contributed by atoms with E-state index in [2.05, 4.69) is 0 Å². The summed E-state index contributed by atoms with van der Waals surface area (Å²) in [6.07, 6.45) is 7.02. The van der Waals surface area contributed by atoms with Crippen LogP contribution in [0, 0.1) is 17.8 Å². The van der Waals surface area contributed by atoms with Crippen molar-refractivity contribution in [3.63, 3.8) is 0 Å². The summed E-state index contributed by atoms with van der Waals surface area (Å²) < 4.78 is 23.5. The third kappa shape index (κ3) is 4.08. The summed E-state index contributed by atoms with van der Waals surface area (Å²) in [6, 6.07) is 12.0. The molecule has 7 heteroatoms. The number of methoxy groups -OCH3 is 2. The number of rotatable bonds is 10. The fourth-order valence-electron chi connectivity index (χ4n) is 7.32. The van der Waals surface area contributed by atoms with Gasteiger partial charge >= 0.3 is 11.9 Å². The summed E-state index contributed by atoms with van der Waals surface area (Å²) in [5, 5.41) is 10.1. The molecule has 0 aliphatic heterocycles. The van der Waals surface area contributed by atoms with Crippen LogP contribution in [0.1, 0.15) is 71.7 Å². The lowest BCUT2D eigenvalue weighted by Gasteiger charge is -2.57. The molecule has 4 saturated carbocycles. The van der Waals surface area contributed by atoms with Gasteiger partial charge in [0, 0.05) is 18.2 Å². The first-order valence-corrected chi connectivity index (χ1v) is 12.8. The molecule has 7 nitrogen and oxygen atoms in total. The normalized spacial score (nSPS) is 27.9. The Morgan fingerprint density at radius 3 is 2.06 bits per heavy atom. The van der Waals surface area contributed by atoms with Crippen LogP contribution in [-0.4, -0.2) is 43.7 Å². The van der Waals surface area contributed by atoms with Gasteiger partial charge in [-0.1, -0.05) is 36.4 Å². The van der Waals surface area contributed by atoms with Gasteiger partial charge in [-0.2, -0.15) is 0 Å². The molecule has 0 heterocycles. The van der Waals surface area contributed by atoms with Crippen LogP contribution in [-0.2, 0) is 14.9 Å². The minimum absolute atomic E-state index is 0.0437. The minimum Gasteiger partial charge on any atom is -0.493 e. The van der Waals surface area contributed by atoms with Gasteiger partial charge in [0.25, 0.3) is 5.78 Å². The monoisotopic (exact) mass is 494 g/mol. The highest BCUT2D eigenvalue weighted by Crippen LogP contribution is 2.62. The fourth-order valence-corrected chi connectivity index (χ4v) is 7.32. The highest BCUT2D eigenvalue weighted by Gasteiger charge is 2.53. The van der Waals surface area contributed by atoms with Crippen LogP contribution in [0.25, 0.3) is 0 Å². The van der Waals surface area contributed by atoms with Crippen molar-refractivity contribution in [2.45, 2.75) is 56.8 Å². The zero-order valence-electron chi connectivity index (χ0n) is 21.1. The molecule has 4 aliphatic rings. The molecule has 4 fully saturated rings. The Morgan fingerprint density at radius 1 is 0.944 bits per heavy atom. The number of carboxylic acid groups (broad SMARTS) is 1. The van der Waals surface area contributed by atoms with E-state index < -0.39 is 17.7 Å². The SMILES string of the molecule is CCOC(OC)(Oc1c(C(=O)O)ccc(C23CC4CC(CC(C4)C2)C3)c1OC)C(=O)c1ccccc1. The molecule has 6 rings (SSSR count). The largest absolute Gasteiger partial charge is 0.493 e. The third-order valence-corrected chi connectivity index (χ3v) is 8.31. The molecule has 0 aromatic heterocycles. The zero-order chi connectivity index (χ0) is 25.5. The van der Waals surface area contributed by atoms with Gasteiger partial charge in [0.2, 0.25) is 0 Å². The first kappa shape index (κ1) is 24.8. The number of ether oxygens (including phenoxy) is 4. The van der Waals surface area contributed by atoms with Crippen molar-refractivity contribution in [3.05, 3.63) is 59.2 Å². The van der Waals surface area contributed by atoms with Gasteiger partial charge < -0.3 is 24.1 Å². The lowest BCUT2D eigenvalue weighted by Crippen LogP contribution is -2.50. The fraction of sp³-hybridized carbons (Fsp3) is 0.517. The van der Waals surface area contributed by atoms with E-state index in [-0.39, 0.29) is 23.3 Å². The van der Waals surface area contributed by atoms with Crippen LogP contribution in [0.15, 0.2) is 42.5 Å². The van der Waals surface area contributed by atoms with Crippen molar-refractivity contribution >= 4 is 11.8 Å². The quantitative estimate of drug-likeness (QED) is 0.346. The maximum absolute atomic E-state index is 13.6. The summed E-state index contributed by atoms with van der Waals surface area (Å²) in [4.78, 5) is 25.9. The molecule has 1 atom stereocenters. The van der Waals surface area contributed by atoms with Gasteiger partial charge in [-0.15, -0.1) is 0 Å². The van der Waals surface area contributed by atoms with Crippen molar-refractivity contribution in [2.75, 3.05) is 20.8 Å². The van der Waals surface area contributed by atoms with Crippen molar-refractivity contribution in [1.29, 1.82) is 0 Å². The van der Waals surface area contributed by atoms with E-state index in [0.29, 0.717) is 29.1 Å². The number of benzene rings is 2. The number of hydrogen-bond donors (Lipinski definition) is 1. The van der Waals surface area contributed by atoms with Crippen LogP contribution in [0.4, 0.5) is 0 Å². The Labute approximate surface area is 211 Å². The maximum Gasteiger partial charge on any atom is 0.396 e. The number of aromatic carboxylic acids is 1. The number of carbonyl (C=O) groups is 2. The molecule has 0 saturated heterocycles. The molecular formula is C29H34O7. The van der Waals surface area contributed by atoms with Crippen molar-refractivity contribution < 1.29 is 33.6 Å². The van der Waals surface area contributed by atoms with Crippen molar-refractivity contribution in [1.82, 2.24) is 0 Å². The van der Waals surface area contributed by atoms with Crippen molar-refractivity contribution in [2.24, 2.45) is 17.8 Å². The Kier molecular flexibility index (Phi) is 6.55. The second-order valence-electron chi connectivity index (χ2n) is 10.5. The van der Waals surface area contributed by atoms with Crippen LogP contribution in [0.3, 0.4) is 0 Å². The van der Waals surface area contributed by atoms with Gasteiger partial charge in [-0.25, -0.2) is 4.79 Å². The van der Waals surface area contributed by atoms with Crippen LogP contribution in [0.2, 0.25) is 0 Å². The van der Waals surface area contributed by atoms with Gasteiger partial charge in [0.1, 0.15) is 5.56 Å². The molecule has 4 bridgehead atoms. The predicted octanol–water partition coefficient (Wildman–Crippen LogP) is 5.46. The van der Waals surface area contributed by atoms with E-state index in [1.165, 1.54) is 33.5 Å². The third-order valence-electron chi connectivity index (χ3n) is 8.31. The van der Waals surface area contributed by atoms with E-state index in [1.54, 1.807) is 43.3 Å². The first-order valence-electron chi connectivity index (χ1n) is 12.8. The Hall–Kier alpha value is -2.90. The summed E-state index contributed by atoms with van der Waals surface area (Å²) in [5.74, 6) is -1.56. The number of ketones is 1. The molecule has 192 valence electrons. The molecule has 2 aromatic rings. The molecule has 0 spiro atoms. The van der Waals surface area contributed by atoms with E-state index in [4.69, 9.17) is 18.9 Å². The second-order valence-corrected chi connectivity index (χ2v) is 10.5. The minimum atomic E-state index is -2.17. The molecule has 36 heavy (non-hydrogen) atoms. The number of carbonyl (C=O) groups excluding carboxylic acids is 1. The molecule has 1 N–H and O–H groups in total. The summed E-state index contributed by atoms with van der Waals surface area (Å²) in [7, 11) is 2.83. The summed E-state index contributed by atoms with van der Waals surface area (Å²) in [5.41, 5.74) is 1.08. The zero-order valence-corrected chi connectivity index (χ0v) is 21.1. The number of Topliss-reactive ketones (excluding diaryl/α,β-unsaturated/α-hetero) is 1. The molecule has 4 aliphatic carbocycles. The van der Waals surface area contributed by atoms with Crippen LogP contribution >= 0.6 is 0 Å². The predicted molar refractivity (Wildman–Crippen MR) is 133 cm³/mol. The average Bonchev–Trinajstić information content (AvgIpc) is 2.87. The Bertz CT molecular complexity index is 1110. The maximum atomic E-state index is 13.6. The highest BCUT2D eigenvalue weighted by atomic mass is 16.9. The van der Waals surface area contributed by atoms with E-state index in [9.17, 15) is 14.7 Å². The standard InChI is InChI=1S/C29H34O7/c1-4-35-29(34-3,26(30)21-8-6-5-7-9-21)36-24-22(27(31)32)10-11-23(25(24)33-2)28-15-18-12-19(16-28)14-20(13-18)17-28/h5-11,18-20H,4,12-17H2,1-3H3,(H,31,32). The molecular weight excluding hydrogens is 460 g/mol. The number of carboxylic acids is 1. The lowest BCUT2D eigenvalue weighted by molar-refractivity contribution is -0.292. The van der Waals surface area contributed by atoms with Crippen LogP contribution < -0.4 is 9.47 Å². The van der Waals surface area contributed by atoms with E-state index in [0.717, 1.165) is 24.8 Å². The van der Waals surface area contributed by atoms with Crippen molar-refractivity contribution in [3.8, 4) is 11.5 Å². The Morgan fingerprint density at radius 2 is 1.56 bits per heavy atom. The van der Waals surface area contributed by atoms with Gasteiger partial charge in [-0.3, -0.25) is 4.79 Å². The van der Waals surface area contributed by atoms with E-state index in [1.807, 2.05) is 6.07 Å². The number of hydrogen-bond acceptors (Lipinski definition) is 6. The summed E-state index contributed by atoms with van der Waals surface area (Å²) in [6.45, 7) is 1.82. The molecule has 0 amide bonds. The lowest BCUT2D eigenvalue weighted by atomic mass is 9.48. The first-order chi connectivity index (χ1) is 17.3. The van der Waals surface area contributed by atoms with E-state index >= 15 is 0 Å². The van der Waals surface area contributed by atoms with Gasteiger partial charge in [0.05, 0.1) is 13.7 Å². The van der Waals surface area contributed by atoms with Crippen LogP contribution in [0.5, 0.6) is 11.5 Å². The summed E-state index contributed by atoms with van der Waals surface area (Å²) >= 11 is 0. The van der Waals surface area contributed by atoms with Gasteiger partial charge in [-0.05, 0) is 74.7 Å². The molecule has 1 unspecified atom stereocenters. The second kappa shape index (κ2) is 9.52. The average molecular weight is 495 g/mol. The molecule has 2 aromatic carbocycles. The Balaban J connectivity index is 1.63. The van der Waals surface area contributed by atoms with Gasteiger partial charge in [0.15, 0.2) is 11.5 Å². The highest BCUT2D eigenvalue weighted by molar-refractivity contribution is 6.01. The molecule has 0 radical (unpaired) electrons. The topological polar surface area (TPSA) is 91.3 Å².